The van der Waals surface area contributed by atoms with Gasteiger partial charge in [0, 0.05) is 31.3 Å². The number of benzene rings is 4. The molecule has 0 fully saturated rings. The molecule has 0 saturated carbocycles. The Morgan fingerprint density at radius 3 is 1.85 bits per heavy atom. The molecule has 1 N–H and O–H groups in total. The molecule has 4 nitrogen and oxygen atoms in total. The molecule has 0 radical (unpaired) electrons. The Kier molecular flexibility index (Phi) is 11.0. The SMILES string of the molecule is CC[C@H](C)NC(=O)[C@@H](Cc1ccccc1)N(Cc1ccc(Cl)c(Cl)c1)C(=O)CC(c1ccccc1)c1ccccc1. The standard InChI is InChI=1S/C35H36Cl2N2O2/c1-3-25(2)38-35(41)33(22-26-13-7-4-8-14-26)39(24-27-19-20-31(36)32(37)21-27)34(40)23-30(28-15-9-5-10-16-28)29-17-11-6-12-18-29/h4-21,25,30,33H,3,22-24H2,1-2H3,(H,38,41)/t25-,33+/m0/s1. The third-order valence-corrected chi connectivity index (χ3v) is 8.13. The summed E-state index contributed by atoms with van der Waals surface area (Å²) in [7, 11) is 0. The molecule has 0 aromatic heterocycles. The highest BCUT2D eigenvalue weighted by atomic mass is 35.5. The van der Waals surface area contributed by atoms with Crippen LogP contribution in [0.4, 0.5) is 0 Å². The predicted molar refractivity (Wildman–Crippen MR) is 168 cm³/mol. The van der Waals surface area contributed by atoms with Gasteiger partial charge in [0.1, 0.15) is 6.04 Å². The summed E-state index contributed by atoms with van der Waals surface area (Å²) in [4.78, 5) is 30.0. The van der Waals surface area contributed by atoms with Gasteiger partial charge in [-0.3, -0.25) is 9.59 Å². The molecule has 6 heteroatoms. The molecular weight excluding hydrogens is 551 g/mol. The Morgan fingerprint density at radius 1 is 0.756 bits per heavy atom. The van der Waals surface area contributed by atoms with Crippen LogP contribution >= 0.6 is 23.2 Å². The molecule has 2 amide bonds. The summed E-state index contributed by atoms with van der Waals surface area (Å²) in [6, 6.07) is 34.5. The lowest BCUT2D eigenvalue weighted by atomic mass is 9.87. The van der Waals surface area contributed by atoms with Crippen LogP contribution < -0.4 is 5.32 Å². The smallest absolute Gasteiger partial charge is 0.243 e. The van der Waals surface area contributed by atoms with Gasteiger partial charge < -0.3 is 10.2 Å². The van der Waals surface area contributed by atoms with Crippen LogP contribution in [0.3, 0.4) is 0 Å². The second-order valence-electron chi connectivity index (χ2n) is 10.4. The van der Waals surface area contributed by atoms with Crippen molar-refractivity contribution in [1.82, 2.24) is 10.2 Å². The number of carbonyl (C=O) groups is 2. The molecule has 41 heavy (non-hydrogen) atoms. The van der Waals surface area contributed by atoms with Gasteiger partial charge in [-0.25, -0.2) is 0 Å². The average Bonchev–Trinajstić information content (AvgIpc) is 3.00. The molecule has 0 aliphatic heterocycles. The van der Waals surface area contributed by atoms with E-state index in [9.17, 15) is 9.59 Å². The van der Waals surface area contributed by atoms with Crippen molar-refractivity contribution in [2.24, 2.45) is 0 Å². The normalized spacial score (nSPS) is 12.5. The molecule has 4 aromatic carbocycles. The Balaban J connectivity index is 1.75. The van der Waals surface area contributed by atoms with E-state index in [1.165, 1.54) is 0 Å². The fourth-order valence-electron chi connectivity index (χ4n) is 4.92. The summed E-state index contributed by atoms with van der Waals surface area (Å²) in [5, 5.41) is 3.98. The van der Waals surface area contributed by atoms with Crippen LogP contribution in [0.25, 0.3) is 0 Å². The second kappa shape index (κ2) is 14.9. The third kappa shape index (κ3) is 8.45. The molecule has 4 aromatic rings. The summed E-state index contributed by atoms with van der Waals surface area (Å²) in [5.74, 6) is -0.460. The Morgan fingerprint density at radius 2 is 1.32 bits per heavy atom. The summed E-state index contributed by atoms with van der Waals surface area (Å²) in [6.45, 7) is 4.22. The zero-order valence-corrected chi connectivity index (χ0v) is 25.0. The van der Waals surface area contributed by atoms with Crippen molar-refractivity contribution in [1.29, 1.82) is 0 Å². The van der Waals surface area contributed by atoms with Crippen LogP contribution in [0, 0.1) is 0 Å². The van der Waals surface area contributed by atoms with Crippen molar-refractivity contribution >= 4 is 35.0 Å². The van der Waals surface area contributed by atoms with E-state index in [0.29, 0.717) is 16.5 Å². The first-order valence-corrected chi connectivity index (χ1v) is 14.8. The molecule has 0 bridgehead atoms. The number of hydrogen-bond donors (Lipinski definition) is 1. The minimum atomic E-state index is -0.722. The van der Waals surface area contributed by atoms with E-state index in [1.54, 1.807) is 17.0 Å². The monoisotopic (exact) mass is 586 g/mol. The number of carbonyl (C=O) groups excluding carboxylic acids is 2. The number of nitrogens with one attached hydrogen (secondary N) is 1. The van der Waals surface area contributed by atoms with Crippen molar-refractivity contribution < 1.29 is 9.59 Å². The lowest BCUT2D eigenvalue weighted by Gasteiger charge is -2.33. The molecule has 2 atom stereocenters. The fraction of sp³-hybridized carbons (Fsp3) is 0.257. The number of halogens is 2. The molecule has 0 heterocycles. The molecule has 0 aliphatic rings. The van der Waals surface area contributed by atoms with E-state index < -0.39 is 6.04 Å². The first kappa shape index (κ1) is 30.4. The average molecular weight is 588 g/mol. The maximum Gasteiger partial charge on any atom is 0.243 e. The minimum Gasteiger partial charge on any atom is -0.352 e. The molecule has 0 aliphatic carbocycles. The van der Waals surface area contributed by atoms with Crippen LogP contribution in [0.5, 0.6) is 0 Å². The molecule has 0 saturated heterocycles. The highest BCUT2D eigenvalue weighted by Crippen LogP contribution is 2.30. The Hall–Kier alpha value is -3.60. The highest BCUT2D eigenvalue weighted by Gasteiger charge is 2.32. The van der Waals surface area contributed by atoms with Crippen LogP contribution in [-0.2, 0) is 22.6 Å². The topological polar surface area (TPSA) is 49.4 Å². The van der Waals surface area contributed by atoms with Crippen LogP contribution in [0.1, 0.15) is 54.9 Å². The van der Waals surface area contributed by atoms with Gasteiger partial charge in [-0.2, -0.15) is 0 Å². The van der Waals surface area contributed by atoms with Gasteiger partial charge >= 0.3 is 0 Å². The fourth-order valence-corrected chi connectivity index (χ4v) is 5.24. The maximum absolute atomic E-state index is 14.4. The molecule has 212 valence electrons. The largest absolute Gasteiger partial charge is 0.352 e. The first-order chi connectivity index (χ1) is 19.9. The van der Waals surface area contributed by atoms with E-state index in [2.05, 4.69) is 5.32 Å². The number of amides is 2. The zero-order valence-electron chi connectivity index (χ0n) is 23.5. The van der Waals surface area contributed by atoms with Crippen molar-refractivity contribution in [3.05, 3.63) is 141 Å². The van der Waals surface area contributed by atoms with E-state index in [-0.39, 0.29) is 36.7 Å². The summed E-state index contributed by atoms with van der Waals surface area (Å²) in [6.07, 6.45) is 1.38. The van der Waals surface area contributed by atoms with E-state index in [1.807, 2.05) is 111 Å². The molecule has 0 unspecified atom stereocenters. The van der Waals surface area contributed by atoms with Gasteiger partial charge in [0.2, 0.25) is 11.8 Å². The number of hydrogen-bond acceptors (Lipinski definition) is 2. The van der Waals surface area contributed by atoms with Crippen molar-refractivity contribution in [2.75, 3.05) is 0 Å². The maximum atomic E-state index is 14.4. The zero-order chi connectivity index (χ0) is 29.2. The van der Waals surface area contributed by atoms with E-state index >= 15 is 0 Å². The number of nitrogens with zero attached hydrogens (tertiary/aromatic N) is 1. The van der Waals surface area contributed by atoms with E-state index in [4.69, 9.17) is 23.2 Å². The lowest BCUT2D eigenvalue weighted by molar-refractivity contribution is -0.141. The third-order valence-electron chi connectivity index (χ3n) is 7.39. The summed E-state index contributed by atoms with van der Waals surface area (Å²) >= 11 is 12.6. The number of rotatable bonds is 12. The summed E-state index contributed by atoms with van der Waals surface area (Å²) in [5.41, 5.74) is 3.87. The first-order valence-electron chi connectivity index (χ1n) is 14.0. The van der Waals surface area contributed by atoms with Gasteiger partial charge in [-0.1, -0.05) is 127 Å². The van der Waals surface area contributed by atoms with E-state index in [0.717, 1.165) is 28.7 Å². The molecule has 0 spiro atoms. The van der Waals surface area contributed by atoms with Crippen LogP contribution in [0.2, 0.25) is 10.0 Å². The molecular formula is C35H36Cl2N2O2. The molecule has 4 rings (SSSR count). The van der Waals surface area contributed by atoms with Gasteiger partial charge in [0.05, 0.1) is 10.0 Å². The highest BCUT2D eigenvalue weighted by molar-refractivity contribution is 6.42. The second-order valence-corrected chi connectivity index (χ2v) is 11.2. The van der Waals surface area contributed by atoms with Gasteiger partial charge in [-0.15, -0.1) is 0 Å². The summed E-state index contributed by atoms with van der Waals surface area (Å²) < 4.78 is 0. The van der Waals surface area contributed by atoms with Gasteiger partial charge in [-0.05, 0) is 47.7 Å². The van der Waals surface area contributed by atoms with Crippen LogP contribution in [0.15, 0.2) is 109 Å². The quantitative estimate of drug-likeness (QED) is 0.182. The Bertz CT molecular complexity index is 1370. The van der Waals surface area contributed by atoms with Gasteiger partial charge in [0.25, 0.3) is 0 Å². The Labute approximate surface area is 253 Å². The van der Waals surface area contributed by atoms with Gasteiger partial charge in [0.15, 0.2) is 0 Å². The predicted octanol–water partition coefficient (Wildman–Crippen LogP) is 8.07. The van der Waals surface area contributed by atoms with Crippen molar-refractivity contribution in [3.8, 4) is 0 Å². The van der Waals surface area contributed by atoms with Crippen molar-refractivity contribution in [3.63, 3.8) is 0 Å². The van der Waals surface area contributed by atoms with Crippen molar-refractivity contribution in [2.45, 2.75) is 57.7 Å². The minimum absolute atomic E-state index is 0.0240. The lowest BCUT2D eigenvalue weighted by Crippen LogP contribution is -2.52. The van der Waals surface area contributed by atoms with Crippen LogP contribution in [-0.4, -0.2) is 28.8 Å².